The Morgan fingerprint density at radius 3 is 2.23 bits per heavy atom. The van der Waals surface area contributed by atoms with Crippen LogP contribution in [0.5, 0.6) is 0 Å². The third kappa shape index (κ3) is 6.36. The van der Waals surface area contributed by atoms with Crippen molar-refractivity contribution in [3.05, 3.63) is 12.7 Å². The number of hydrogen-bond donors (Lipinski definition) is 1. The van der Waals surface area contributed by atoms with E-state index in [-0.39, 0.29) is 5.04 Å². The van der Waals surface area contributed by atoms with Crippen molar-refractivity contribution in [2.75, 3.05) is 6.61 Å². The van der Waals surface area contributed by atoms with Crippen LogP contribution in [-0.2, 0) is 18.7 Å². The maximum Gasteiger partial charge on any atom is 0.272 e. The molecule has 5 nitrogen and oxygen atoms in total. The molecule has 9 heteroatoms. The van der Waals surface area contributed by atoms with Gasteiger partial charge in [-0.1, -0.05) is 61.7 Å². The van der Waals surface area contributed by atoms with Crippen LogP contribution in [0.2, 0.25) is 18.1 Å². The fourth-order valence-corrected chi connectivity index (χ4v) is 3.78. The maximum atomic E-state index is 12.2. The minimum atomic E-state index is -2.19. The van der Waals surface area contributed by atoms with E-state index in [2.05, 4.69) is 45.8 Å². The highest BCUT2D eigenvalue weighted by atomic mass is 35.6. The number of ether oxygens (including phenoxy) is 2. The topological polar surface area (TPSA) is 56.8 Å². The normalized spacial score (nSPS) is 23.4. The summed E-state index contributed by atoms with van der Waals surface area (Å²) in [6.07, 6.45) is 0.658. The number of carbonyl (C=O) groups excluding carboxylic acids is 1. The molecule has 0 saturated carbocycles. The smallest absolute Gasteiger partial charge is 0.272 e. The van der Waals surface area contributed by atoms with Gasteiger partial charge in [-0.3, -0.25) is 4.79 Å². The van der Waals surface area contributed by atoms with Gasteiger partial charge in [-0.25, -0.2) is 0 Å². The molecule has 1 amide bonds. The molecule has 0 aliphatic carbocycles. The molecule has 1 aliphatic heterocycles. The number of rotatable bonds is 6. The van der Waals surface area contributed by atoms with Crippen LogP contribution in [0.15, 0.2) is 12.7 Å². The summed E-state index contributed by atoms with van der Waals surface area (Å²) in [6, 6.07) is -0.602. The lowest BCUT2D eigenvalue weighted by molar-refractivity contribution is -0.151. The van der Waals surface area contributed by atoms with E-state index in [0.29, 0.717) is 6.61 Å². The molecule has 0 unspecified atom stereocenters. The highest BCUT2D eigenvalue weighted by Crippen LogP contribution is 2.39. The Labute approximate surface area is 172 Å². The zero-order valence-corrected chi connectivity index (χ0v) is 19.8. The molecule has 0 aromatic heterocycles. The van der Waals surface area contributed by atoms with E-state index in [9.17, 15) is 4.79 Å². The summed E-state index contributed by atoms with van der Waals surface area (Å²) in [5, 5.41) is 2.66. The molecule has 1 fully saturated rings. The largest absolute Gasteiger partial charge is 0.409 e. The van der Waals surface area contributed by atoms with Crippen molar-refractivity contribution in [1.29, 1.82) is 0 Å². The zero-order valence-electron chi connectivity index (χ0n) is 16.5. The van der Waals surface area contributed by atoms with Crippen LogP contribution in [0, 0.1) is 0 Å². The molecule has 0 spiro atoms. The summed E-state index contributed by atoms with van der Waals surface area (Å²) in [6.45, 7) is 18.5. The van der Waals surface area contributed by atoms with Gasteiger partial charge in [-0.05, 0) is 32.0 Å². The van der Waals surface area contributed by atoms with Crippen LogP contribution in [0.1, 0.15) is 34.6 Å². The van der Waals surface area contributed by atoms with E-state index < -0.39 is 42.1 Å². The van der Waals surface area contributed by atoms with E-state index in [4.69, 9.17) is 48.7 Å². The second-order valence-electron chi connectivity index (χ2n) is 8.44. The highest BCUT2D eigenvalue weighted by Gasteiger charge is 2.47. The van der Waals surface area contributed by atoms with E-state index in [0.717, 1.165) is 0 Å². The van der Waals surface area contributed by atoms with E-state index in [1.165, 1.54) is 0 Å². The first-order valence-electron chi connectivity index (χ1n) is 8.50. The number of nitrogens with one attached hydrogen (secondary N) is 1. The monoisotopic (exact) mass is 445 g/mol. The lowest BCUT2D eigenvalue weighted by Gasteiger charge is -2.42. The summed E-state index contributed by atoms with van der Waals surface area (Å²) in [4.78, 5) is 12.2. The van der Waals surface area contributed by atoms with Gasteiger partial charge >= 0.3 is 0 Å². The molecule has 1 rings (SSSR count). The Morgan fingerprint density at radius 1 is 1.35 bits per heavy atom. The Hall–Kier alpha value is 0.177. The number of amides is 1. The first kappa shape index (κ1) is 24.2. The van der Waals surface area contributed by atoms with E-state index in [1.54, 1.807) is 6.08 Å². The quantitative estimate of drug-likeness (QED) is 0.369. The molecule has 1 aliphatic rings. The predicted molar refractivity (Wildman–Crippen MR) is 109 cm³/mol. The van der Waals surface area contributed by atoms with Crippen LogP contribution in [0.3, 0.4) is 0 Å². The summed E-state index contributed by atoms with van der Waals surface area (Å²) in [5.41, 5.74) is 0. The maximum absolute atomic E-state index is 12.2. The molecule has 0 aromatic rings. The van der Waals surface area contributed by atoms with Gasteiger partial charge in [0.05, 0.1) is 18.8 Å². The summed E-state index contributed by atoms with van der Waals surface area (Å²) >= 11 is 17.1. The van der Waals surface area contributed by atoms with Gasteiger partial charge < -0.3 is 19.2 Å². The van der Waals surface area contributed by atoms with Gasteiger partial charge in [0.1, 0.15) is 6.10 Å². The van der Waals surface area contributed by atoms with Crippen LogP contribution in [-0.4, -0.2) is 48.7 Å². The molecule has 1 N–H and O–H groups in total. The second kappa shape index (κ2) is 8.27. The fraction of sp³-hybridized carbons (Fsp3) is 0.824. The van der Waals surface area contributed by atoms with Crippen molar-refractivity contribution < 1.29 is 18.7 Å². The highest BCUT2D eigenvalue weighted by molar-refractivity contribution is 6.76. The summed E-state index contributed by atoms with van der Waals surface area (Å²) in [7, 11) is -2.19. The molecular weight excluding hydrogens is 417 g/mol. The number of alkyl halides is 3. The number of halogens is 3. The third-order valence-corrected chi connectivity index (χ3v) is 9.79. The van der Waals surface area contributed by atoms with Crippen LogP contribution < -0.4 is 5.32 Å². The standard InChI is InChI=1S/C17H30Cl3NO4Si/c1-9-11(21-14(22)17(18,19)20)13(12-10-23-16(5,6)24-12)25-26(7,8)15(2,3)4/h9,11-13H,1,10H2,2-8H3,(H,21,22)/t11-,12+,13+/m1/s1. The molecule has 3 atom stereocenters. The van der Waals surface area contributed by atoms with Crippen LogP contribution in [0.25, 0.3) is 0 Å². The van der Waals surface area contributed by atoms with Gasteiger partial charge in [0.2, 0.25) is 0 Å². The van der Waals surface area contributed by atoms with Crippen molar-refractivity contribution in [2.24, 2.45) is 0 Å². The minimum Gasteiger partial charge on any atom is -0.409 e. The van der Waals surface area contributed by atoms with Crippen molar-refractivity contribution in [3.63, 3.8) is 0 Å². The Balaban J connectivity index is 3.13. The lowest BCUT2D eigenvalue weighted by Crippen LogP contribution is -2.57. The van der Waals surface area contributed by atoms with Crippen LogP contribution >= 0.6 is 34.8 Å². The lowest BCUT2D eigenvalue weighted by atomic mass is 10.1. The number of carbonyl (C=O) groups is 1. The SMILES string of the molecule is C=C[C@@H](NC(=O)C(Cl)(Cl)Cl)[C@H](O[Si](C)(C)C(C)(C)C)[C@@H]1COC(C)(C)O1. The molecular formula is C17H30Cl3NO4Si. The van der Waals surface area contributed by atoms with Gasteiger partial charge in [-0.2, -0.15) is 0 Å². The summed E-state index contributed by atoms with van der Waals surface area (Å²) in [5.74, 6) is -1.47. The van der Waals surface area contributed by atoms with Crippen molar-refractivity contribution in [2.45, 2.75) is 80.6 Å². The van der Waals surface area contributed by atoms with Gasteiger partial charge in [0.25, 0.3) is 9.70 Å². The fourth-order valence-electron chi connectivity index (χ4n) is 2.28. The van der Waals surface area contributed by atoms with Crippen molar-refractivity contribution in [1.82, 2.24) is 5.32 Å². The predicted octanol–water partition coefficient (Wildman–Crippen LogP) is 4.57. The summed E-state index contributed by atoms with van der Waals surface area (Å²) < 4.78 is 16.2. The number of hydrogen-bond acceptors (Lipinski definition) is 4. The second-order valence-corrected chi connectivity index (χ2v) is 15.5. The average molecular weight is 447 g/mol. The Morgan fingerprint density at radius 2 is 1.88 bits per heavy atom. The molecule has 0 radical (unpaired) electrons. The Bertz CT molecular complexity index is 529. The minimum absolute atomic E-state index is 0.0365. The third-order valence-electron chi connectivity index (χ3n) is 4.80. The first-order chi connectivity index (χ1) is 11.5. The van der Waals surface area contributed by atoms with Gasteiger partial charge in [0, 0.05) is 0 Å². The first-order valence-corrected chi connectivity index (χ1v) is 12.5. The molecule has 26 heavy (non-hydrogen) atoms. The molecule has 0 aromatic carbocycles. The Kier molecular flexibility index (Phi) is 7.70. The molecule has 1 saturated heterocycles. The van der Waals surface area contributed by atoms with Crippen molar-refractivity contribution >= 4 is 49.0 Å². The molecule has 0 bridgehead atoms. The van der Waals surface area contributed by atoms with E-state index >= 15 is 0 Å². The van der Waals surface area contributed by atoms with E-state index in [1.807, 2.05) is 13.8 Å². The van der Waals surface area contributed by atoms with Crippen LogP contribution in [0.4, 0.5) is 0 Å². The average Bonchev–Trinajstić information content (AvgIpc) is 2.80. The molecule has 1 heterocycles. The zero-order chi connectivity index (χ0) is 20.6. The van der Waals surface area contributed by atoms with Gasteiger partial charge in [0.15, 0.2) is 14.1 Å². The molecule has 152 valence electrons. The van der Waals surface area contributed by atoms with Gasteiger partial charge in [-0.15, -0.1) is 6.58 Å². The van der Waals surface area contributed by atoms with Crippen molar-refractivity contribution in [3.8, 4) is 0 Å².